The summed E-state index contributed by atoms with van der Waals surface area (Å²) in [5.41, 5.74) is 5.06. The van der Waals surface area contributed by atoms with E-state index in [-0.39, 0.29) is 6.61 Å². The van der Waals surface area contributed by atoms with E-state index in [1.165, 1.54) is 22.2 Å². The average Bonchev–Trinajstić information content (AvgIpc) is 2.96. The molecule has 3 rings (SSSR count). The van der Waals surface area contributed by atoms with Gasteiger partial charge in [0, 0.05) is 29.2 Å². The summed E-state index contributed by atoms with van der Waals surface area (Å²) in [6.07, 6.45) is 5.44. The molecule has 3 heteroatoms. The summed E-state index contributed by atoms with van der Waals surface area (Å²) in [4.78, 5) is 0. The van der Waals surface area contributed by atoms with Crippen LogP contribution in [-0.4, -0.2) is 27.6 Å². The molecule has 0 fully saturated rings. The molecule has 0 saturated carbocycles. The van der Waals surface area contributed by atoms with Crippen LogP contribution in [0.5, 0.6) is 0 Å². The van der Waals surface area contributed by atoms with Gasteiger partial charge in [0.15, 0.2) is 0 Å². The van der Waals surface area contributed by atoms with Gasteiger partial charge in [-0.15, -0.1) is 0 Å². The van der Waals surface area contributed by atoms with Crippen molar-refractivity contribution in [1.29, 1.82) is 0 Å². The van der Waals surface area contributed by atoms with Gasteiger partial charge in [-0.3, -0.25) is 0 Å². The first-order valence-electron chi connectivity index (χ1n) is 7.21. The van der Waals surface area contributed by atoms with E-state index in [4.69, 9.17) is 5.11 Å². The van der Waals surface area contributed by atoms with Crippen LogP contribution in [0.2, 0.25) is 0 Å². The summed E-state index contributed by atoms with van der Waals surface area (Å²) in [5.74, 6) is 1.88. The van der Waals surface area contributed by atoms with Gasteiger partial charge in [0.2, 0.25) is 0 Å². The molecule has 21 heavy (non-hydrogen) atoms. The minimum atomic E-state index is 0.266. The molecule has 1 N–H and O–H groups in total. The standard InChI is InChI=1S/C18H19NOS/c20-9-11-21-10-8-15-6-7-18-12-17(14-19(18)13-15)16-4-2-1-3-5-16/h1-7,12-14,20H,8-11H2. The topological polar surface area (TPSA) is 24.6 Å². The number of benzene rings is 1. The van der Waals surface area contributed by atoms with Gasteiger partial charge in [0.05, 0.1) is 6.61 Å². The maximum atomic E-state index is 8.79. The van der Waals surface area contributed by atoms with Crippen LogP contribution in [0, 0.1) is 0 Å². The molecule has 2 aromatic heterocycles. The van der Waals surface area contributed by atoms with Crippen LogP contribution in [0.4, 0.5) is 0 Å². The van der Waals surface area contributed by atoms with Gasteiger partial charge >= 0.3 is 0 Å². The molecule has 2 nitrogen and oxygen atoms in total. The Morgan fingerprint density at radius 2 is 1.76 bits per heavy atom. The molecule has 0 bridgehead atoms. The van der Waals surface area contributed by atoms with E-state index in [1.54, 1.807) is 11.8 Å². The van der Waals surface area contributed by atoms with Gasteiger partial charge in [-0.25, -0.2) is 0 Å². The Labute approximate surface area is 129 Å². The van der Waals surface area contributed by atoms with Gasteiger partial charge in [0.25, 0.3) is 0 Å². The molecule has 0 aliphatic rings. The Bertz CT molecular complexity index is 706. The maximum Gasteiger partial charge on any atom is 0.0521 e. The second-order valence-electron chi connectivity index (χ2n) is 5.05. The summed E-state index contributed by atoms with van der Waals surface area (Å²) in [5, 5.41) is 8.79. The second kappa shape index (κ2) is 6.83. The van der Waals surface area contributed by atoms with Crippen molar-refractivity contribution in [2.75, 3.05) is 18.1 Å². The van der Waals surface area contributed by atoms with Gasteiger partial charge in [-0.2, -0.15) is 11.8 Å². The average molecular weight is 297 g/mol. The highest BCUT2D eigenvalue weighted by molar-refractivity contribution is 7.99. The highest BCUT2D eigenvalue weighted by atomic mass is 32.2. The highest BCUT2D eigenvalue weighted by Crippen LogP contribution is 2.23. The fourth-order valence-corrected chi connectivity index (χ4v) is 3.16. The molecule has 3 aromatic rings. The van der Waals surface area contributed by atoms with Crippen molar-refractivity contribution in [3.8, 4) is 11.1 Å². The van der Waals surface area contributed by atoms with Gasteiger partial charge < -0.3 is 9.51 Å². The lowest BCUT2D eigenvalue weighted by atomic mass is 10.1. The molecule has 0 amide bonds. The third kappa shape index (κ3) is 3.49. The van der Waals surface area contributed by atoms with Gasteiger partial charge in [0.1, 0.15) is 0 Å². The molecule has 0 atom stereocenters. The van der Waals surface area contributed by atoms with Crippen LogP contribution in [0.1, 0.15) is 5.56 Å². The predicted molar refractivity (Wildman–Crippen MR) is 90.9 cm³/mol. The predicted octanol–water partition coefficient (Wildman–Crippen LogP) is 3.87. The van der Waals surface area contributed by atoms with Gasteiger partial charge in [-0.1, -0.05) is 36.4 Å². The second-order valence-corrected chi connectivity index (χ2v) is 6.28. The number of thioether (sulfide) groups is 1. The molecular weight excluding hydrogens is 278 g/mol. The van der Waals surface area contributed by atoms with Gasteiger partial charge in [-0.05, 0) is 35.4 Å². The lowest BCUT2D eigenvalue weighted by Crippen LogP contribution is -1.94. The van der Waals surface area contributed by atoms with Crippen molar-refractivity contribution in [3.05, 3.63) is 66.5 Å². The number of pyridine rings is 1. The molecule has 108 valence electrons. The van der Waals surface area contributed by atoms with E-state index in [0.29, 0.717) is 0 Å². The van der Waals surface area contributed by atoms with E-state index in [2.05, 4.69) is 59.3 Å². The Balaban J connectivity index is 1.79. The number of aryl methyl sites for hydroxylation is 1. The van der Waals surface area contributed by atoms with E-state index in [1.807, 2.05) is 6.07 Å². The van der Waals surface area contributed by atoms with Crippen LogP contribution in [0.3, 0.4) is 0 Å². The molecule has 0 saturated heterocycles. The number of aromatic nitrogens is 1. The largest absolute Gasteiger partial charge is 0.396 e. The quantitative estimate of drug-likeness (QED) is 0.698. The Kier molecular flexibility index (Phi) is 4.63. The third-order valence-corrected chi connectivity index (χ3v) is 4.49. The summed E-state index contributed by atoms with van der Waals surface area (Å²) in [6.45, 7) is 0.266. The van der Waals surface area contributed by atoms with Crippen molar-refractivity contribution in [2.24, 2.45) is 0 Å². The number of hydrogen-bond acceptors (Lipinski definition) is 2. The number of hydrogen-bond donors (Lipinski definition) is 1. The SMILES string of the molecule is OCCSCCc1ccc2cc(-c3ccccc3)cn2c1. The first-order valence-corrected chi connectivity index (χ1v) is 8.37. The number of rotatable bonds is 6. The first-order chi connectivity index (χ1) is 10.4. The van der Waals surface area contributed by atoms with Crippen molar-refractivity contribution >= 4 is 17.3 Å². The number of aliphatic hydroxyl groups is 1. The van der Waals surface area contributed by atoms with E-state index in [9.17, 15) is 0 Å². The van der Waals surface area contributed by atoms with Crippen LogP contribution >= 0.6 is 11.8 Å². The Hall–Kier alpha value is -1.71. The van der Waals surface area contributed by atoms with Crippen LogP contribution in [0.25, 0.3) is 16.6 Å². The maximum absolute atomic E-state index is 8.79. The zero-order valence-corrected chi connectivity index (χ0v) is 12.7. The fraction of sp³-hybridized carbons (Fsp3) is 0.222. The van der Waals surface area contributed by atoms with Crippen molar-refractivity contribution in [3.63, 3.8) is 0 Å². The normalized spacial score (nSPS) is 11.1. The lowest BCUT2D eigenvalue weighted by molar-refractivity contribution is 0.322. The van der Waals surface area contributed by atoms with E-state index < -0.39 is 0 Å². The fourth-order valence-electron chi connectivity index (χ4n) is 2.45. The molecule has 0 aliphatic carbocycles. The molecular formula is C18H19NOS. The number of aliphatic hydroxyl groups excluding tert-OH is 1. The summed E-state index contributed by atoms with van der Waals surface area (Å²) >= 11 is 1.80. The molecule has 2 heterocycles. The van der Waals surface area contributed by atoms with Crippen molar-refractivity contribution in [1.82, 2.24) is 4.40 Å². The Morgan fingerprint density at radius 1 is 0.905 bits per heavy atom. The van der Waals surface area contributed by atoms with Crippen LogP contribution in [-0.2, 0) is 6.42 Å². The Morgan fingerprint density at radius 3 is 2.57 bits per heavy atom. The number of fused-ring (bicyclic) bond motifs is 1. The lowest BCUT2D eigenvalue weighted by Gasteiger charge is -2.02. The molecule has 0 radical (unpaired) electrons. The van der Waals surface area contributed by atoms with E-state index >= 15 is 0 Å². The van der Waals surface area contributed by atoms with Crippen LogP contribution in [0.15, 0.2) is 60.9 Å². The third-order valence-electron chi connectivity index (χ3n) is 3.53. The first kappa shape index (κ1) is 14.2. The van der Waals surface area contributed by atoms with Crippen molar-refractivity contribution in [2.45, 2.75) is 6.42 Å². The highest BCUT2D eigenvalue weighted by Gasteiger charge is 2.03. The monoisotopic (exact) mass is 297 g/mol. The number of nitrogens with zero attached hydrogens (tertiary/aromatic N) is 1. The zero-order valence-electron chi connectivity index (χ0n) is 11.9. The van der Waals surface area contributed by atoms with Crippen LogP contribution < -0.4 is 0 Å². The molecule has 1 aromatic carbocycles. The van der Waals surface area contributed by atoms with E-state index in [0.717, 1.165) is 17.9 Å². The summed E-state index contributed by atoms with van der Waals surface area (Å²) in [6, 6.07) is 17.1. The smallest absolute Gasteiger partial charge is 0.0521 e. The molecule has 0 unspecified atom stereocenters. The molecule has 0 spiro atoms. The molecule has 0 aliphatic heterocycles. The minimum Gasteiger partial charge on any atom is -0.396 e. The zero-order chi connectivity index (χ0) is 14.5. The minimum absolute atomic E-state index is 0.266. The summed E-state index contributed by atoms with van der Waals surface area (Å²) in [7, 11) is 0. The van der Waals surface area contributed by atoms with Crippen molar-refractivity contribution < 1.29 is 5.11 Å². The summed E-state index contributed by atoms with van der Waals surface area (Å²) < 4.78 is 2.20.